The number of carbonyl (C=O) groups is 1. The van der Waals surface area contributed by atoms with Crippen molar-refractivity contribution in [3.8, 4) is 5.75 Å². The van der Waals surface area contributed by atoms with Crippen LogP contribution < -0.4 is 9.46 Å². The molecule has 2 rings (SSSR count). The molecule has 0 radical (unpaired) electrons. The molecule has 1 fully saturated rings. The molecule has 1 aliphatic rings. The Labute approximate surface area is 162 Å². The van der Waals surface area contributed by atoms with Crippen molar-refractivity contribution in [3.05, 3.63) is 29.8 Å². The molecule has 1 heterocycles. The van der Waals surface area contributed by atoms with Crippen LogP contribution in [0.4, 0.5) is 4.79 Å². The predicted molar refractivity (Wildman–Crippen MR) is 104 cm³/mol. The second kappa shape index (κ2) is 8.93. The molecule has 7 nitrogen and oxygen atoms in total. The first kappa shape index (κ1) is 21.5. The van der Waals surface area contributed by atoms with Crippen LogP contribution in [0.5, 0.6) is 5.75 Å². The molecule has 1 aliphatic heterocycles. The lowest BCUT2D eigenvalue weighted by Crippen LogP contribution is -2.50. The molecule has 0 aliphatic carbocycles. The van der Waals surface area contributed by atoms with Gasteiger partial charge in [-0.3, -0.25) is 0 Å². The van der Waals surface area contributed by atoms with Crippen molar-refractivity contribution in [3.63, 3.8) is 0 Å². The van der Waals surface area contributed by atoms with Gasteiger partial charge in [-0.1, -0.05) is 12.1 Å². The van der Waals surface area contributed by atoms with Crippen molar-refractivity contribution in [1.29, 1.82) is 0 Å². The maximum Gasteiger partial charge on any atom is 0.410 e. The Kier molecular flexibility index (Phi) is 7.11. The van der Waals surface area contributed by atoms with Crippen LogP contribution in [0.15, 0.2) is 24.3 Å². The number of hydrogen-bond donors (Lipinski definition) is 1. The van der Waals surface area contributed by atoms with E-state index in [0.29, 0.717) is 17.9 Å². The smallest absolute Gasteiger partial charge is 0.410 e. The van der Waals surface area contributed by atoms with Gasteiger partial charge in [0.2, 0.25) is 10.0 Å². The standard InChI is InChI=1S/C19H30N2O5S/c1-19(2,3)26-18(22)21-12-6-5-7-16(21)13-20-27(23,24)14-15-8-10-17(25-4)11-9-15/h8-11,16,20H,5-7,12-14H2,1-4H3/t16-/m0/s1. The van der Waals surface area contributed by atoms with Crippen LogP contribution in [-0.2, 0) is 20.5 Å². The fourth-order valence-corrected chi connectivity index (χ4v) is 4.17. The van der Waals surface area contributed by atoms with Crippen LogP contribution in [0.25, 0.3) is 0 Å². The third-order valence-corrected chi connectivity index (χ3v) is 5.63. The lowest BCUT2D eigenvalue weighted by molar-refractivity contribution is 0.0105. The van der Waals surface area contributed by atoms with E-state index in [0.717, 1.165) is 19.3 Å². The molecule has 27 heavy (non-hydrogen) atoms. The zero-order valence-electron chi connectivity index (χ0n) is 16.5. The van der Waals surface area contributed by atoms with Crippen molar-refractivity contribution in [2.24, 2.45) is 0 Å². The Hall–Kier alpha value is -1.80. The number of nitrogens with one attached hydrogen (secondary N) is 1. The van der Waals surface area contributed by atoms with Gasteiger partial charge in [-0.15, -0.1) is 0 Å². The Morgan fingerprint density at radius 3 is 2.48 bits per heavy atom. The van der Waals surface area contributed by atoms with Gasteiger partial charge < -0.3 is 14.4 Å². The topological polar surface area (TPSA) is 84.9 Å². The summed E-state index contributed by atoms with van der Waals surface area (Å²) in [6, 6.07) is 6.73. The minimum atomic E-state index is -3.51. The largest absolute Gasteiger partial charge is 0.497 e. The molecule has 0 spiro atoms. The fourth-order valence-electron chi connectivity index (χ4n) is 2.99. The van der Waals surface area contributed by atoms with Gasteiger partial charge in [0.15, 0.2) is 0 Å². The lowest BCUT2D eigenvalue weighted by atomic mass is 10.0. The van der Waals surface area contributed by atoms with E-state index in [2.05, 4.69) is 4.72 Å². The number of methoxy groups -OCH3 is 1. The quantitative estimate of drug-likeness (QED) is 0.796. The number of ether oxygens (including phenoxy) is 2. The van der Waals surface area contributed by atoms with Gasteiger partial charge >= 0.3 is 6.09 Å². The summed E-state index contributed by atoms with van der Waals surface area (Å²) in [5.41, 5.74) is 0.100. The SMILES string of the molecule is COc1ccc(CS(=O)(=O)NC[C@@H]2CCCCN2C(=O)OC(C)(C)C)cc1. The third-order valence-electron chi connectivity index (χ3n) is 4.31. The Bertz CT molecular complexity index is 725. The molecule has 1 N–H and O–H groups in total. The summed E-state index contributed by atoms with van der Waals surface area (Å²) in [6.07, 6.45) is 2.23. The van der Waals surface area contributed by atoms with Crippen molar-refractivity contribution in [2.75, 3.05) is 20.2 Å². The van der Waals surface area contributed by atoms with Gasteiger partial charge in [0.1, 0.15) is 11.4 Å². The first-order valence-electron chi connectivity index (χ1n) is 9.19. The first-order chi connectivity index (χ1) is 12.6. The number of piperidine rings is 1. The number of likely N-dealkylation sites (tertiary alicyclic amines) is 1. The van der Waals surface area contributed by atoms with Crippen LogP contribution in [0.1, 0.15) is 45.6 Å². The van der Waals surface area contributed by atoms with Crippen molar-refractivity contribution in [1.82, 2.24) is 9.62 Å². The van der Waals surface area contributed by atoms with Crippen LogP contribution in [0, 0.1) is 0 Å². The van der Waals surface area contributed by atoms with E-state index >= 15 is 0 Å². The number of rotatable bonds is 6. The second-order valence-corrected chi connectivity index (χ2v) is 9.59. The molecule has 0 saturated carbocycles. The molecule has 152 valence electrons. The Balaban J connectivity index is 1.95. The number of nitrogens with zero attached hydrogens (tertiary/aromatic N) is 1. The summed E-state index contributed by atoms with van der Waals surface area (Å²) < 4.78 is 38.0. The van der Waals surface area contributed by atoms with Gasteiger partial charge in [0.25, 0.3) is 0 Å². The second-order valence-electron chi connectivity index (χ2n) is 7.78. The molecule has 1 atom stereocenters. The van der Waals surface area contributed by atoms with Crippen molar-refractivity contribution in [2.45, 2.75) is 57.4 Å². The summed E-state index contributed by atoms with van der Waals surface area (Å²) >= 11 is 0. The van der Waals surface area contributed by atoms with Gasteiger partial charge in [0.05, 0.1) is 12.9 Å². The maximum absolute atomic E-state index is 12.4. The molecule has 1 aromatic carbocycles. The van der Waals surface area contributed by atoms with Gasteiger partial charge in [0, 0.05) is 19.1 Å². The van der Waals surface area contributed by atoms with Crippen molar-refractivity contribution >= 4 is 16.1 Å². The van der Waals surface area contributed by atoms with Crippen LogP contribution in [-0.4, -0.2) is 51.3 Å². The number of amides is 1. The number of carbonyl (C=O) groups excluding carboxylic acids is 1. The molecule has 0 bridgehead atoms. The zero-order chi connectivity index (χ0) is 20.1. The molecular weight excluding hydrogens is 368 g/mol. The predicted octanol–water partition coefficient (Wildman–Crippen LogP) is 2.90. The number of benzene rings is 1. The van der Waals surface area contributed by atoms with E-state index in [4.69, 9.17) is 9.47 Å². The summed E-state index contributed by atoms with van der Waals surface area (Å²) in [5, 5.41) is 0. The Morgan fingerprint density at radius 1 is 1.22 bits per heavy atom. The summed E-state index contributed by atoms with van der Waals surface area (Å²) in [4.78, 5) is 14.1. The molecule has 0 unspecified atom stereocenters. The molecule has 1 saturated heterocycles. The van der Waals surface area contributed by atoms with Gasteiger partial charge in [-0.2, -0.15) is 0 Å². The Morgan fingerprint density at radius 2 is 1.89 bits per heavy atom. The van der Waals surface area contributed by atoms with E-state index in [-0.39, 0.29) is 24.4 Å². The van der Waals surface area contributed by atoms with E-state index < -0.39 is 15.6 Å². The highest BCUT2D eigenvalue weighted by molar-refractivity contribution is 7.88. The number of hydrogen-bond acceptors (Lipinski definition) is 5. The average molecular weight is 399 g/mol. The molecule has 0 aromatic heterocycles. The average Bonchev–Trinajstić information content (AvgIpc) is 2.59. The normalized spacial score (nSPS) is 18.2. The third kappa shape index (κ3) is 7.03. The van der Waals surface area contributed by atoms with Gasteiger partial charge in [-0.05, 0) is 57.7 Å². The van der Waals surface area contributed by atoms with Crippen LogP contribution >= 0.6 is 0 Å². The lowest BCUT2D eigenvalue weighted by Gasteiger charge is -2.36. The highest BCUT2D eigenvalue weighted by Crippen LogP contribution is 2.20. The summed E-state index contributed by atoms with van der Waals surface area (Å²) in [6.45, 7) is 6.24. The molecule has 8 heteroatoms. The zero-order valence-corrected chi connectivity index (χ0v) is 17.3. The minimum Gasteiger partial charge on any atom is -0.497 e. The maximum atomic E-state index is 12.4. The van der Waals surface area contributed by atoms with E-state index in [1.165, 1.54) is 0 Å². The van der Waals surface area contributed by atoms with Crippen LogP contribution in [0.2, 0.25) is 0 Å². The summed E-state index contributed by atoms with van der Waals surface area (Å²) in [5.74, 6) is 0.565. The van der Waals surface area contributed by atoms with Crippen molar-refractivity contribution < 1.29 is 22.7 Å². The summed E-state index contributed by atoms with van der Waals surface area (Å²) in [7, 11) is -1.94. The highest BCUT2D eigenvalue weighted by Gasteiger charge is 2.31. The molecule has 1 amide bonds. The van der Waals surface area contributed by atoms with E-state index in [9.17, 15) is 13.2 Å². The number of sulfonamides is 1. The fraction of sp³-hybridized carbons (Fsp3) is 0.632. The van der Waals surface area contributed by atoms with E-state index in [1.807, 2.05) is 20.8 Å². The molecular formula is C19H30N2O5S. The van der Waals surface area contributed by atoms with E-state index in [1.54, 1.807) is 36.3 Å². The monoisotopic (exact) mass is 398 g/mol. The van der Waals surface area contributed by atoms with Gasteiger partial charge in [-0.25, -0.2) is 17.9 Å². The molecule has 1 aromatic rings. The van der Waals surface area contributed by atoms with Crippen LogP contribution in [0.3, 0.4) is 0 Å². The minimum absolute atomic E-state index is 0.115. The highest BCUT2D eigenvalue weighted by atomic mass is 32.2. The first-order valence-corrected chi connectivity index (χ1v) is 10.8.